The minimum Gasteiger partial charge on any atom is -0.453 e. The highest BCUT2D eigenvalue weighted by atomic mass is 16.5. The Hall–Kier alpha value is -3.06. The van der Waals surface area contributed by atoms with Gasteiger partial charge in [-0.2, -0.15) is 0 Å². The van der Waals surface area contributed by atoms with Gasteiger partial charge in [0.15, 0.2) is 0 Å². The smallest absolute Gasteiger partial charge is 0.411 e. The van der Waals surface area contributed by atoms with Crippen LogP contribution in [0.3, 0.4) is 0 Å². The van der Waals surface area contributed by atoms with E-state index >= 15 is 0 Å². The van der Waals surface area contributed by atoms with E-state index in [4.69, 9.17) is 0 Å². The van der Waals surface area contributed by atoms with E-state index in [0.717, 1.165) is 19.5 Å². The summed E-state index contributed by atoms with van der Waals surface area (Å²) in [5.41, 5.74) is 2.58. The molecule has 3 rings (SSSR count). The highest BCUT2D eigenvalue weighted by Gasteiger charge is 2.32. The summed E-state index contributed by atoms with van der Waals surface area (Å²) < 4.78 is 4.58. The maximum absolute atomic E-state index is 12.9. The minimum absolute atomic E-state index is 0.106. The summed E-state index contributed by atoms with van der Waals surface area (Å²) in [5, 5.41) is 5.55. The summed E-state index contributed by atoms with van der Waals surface area (Å²) >= 11 is 0. The zero-order valence-corrected chi connectivity index (χ0v) is 17.8. The third-order valence-electron chi connectivity index (χ3n) is 5.63. The lowest BCUT2D eigenvalue weighted by Crippen LogP contribution is -2.44. The molecule has 1 fully saturated rings. The van der Waals surface area contributed by atoms with Gasteiger partial charge in [-0.3, -0.25) is 10.2 Å². The van der Waals surface area contributed by atoms with Gasteiger partial charge in [-0.05, 0) is 50.1 Å². The molecule has 0 radical (unpaired) electrons. The lowest BCUT2D eigenvalue weighted by molar-refractivity contribution is 0.183. The molecule has 1 heterocycles. The molecule has 3 amide bonds. The van der Waals surface area contributed by atoms with E-state index in [1.165, 1.54) is 12.7 Å². The molecular formula is C23H30N4O3. The third-order valence-corrected chi connectivity index (χ3v) is 5.63. The fourth-order valence-electron chi connectivity index (χ4n) is 3.89. The van der Waals surface area contributed by atoms with Crippen molar-refractivity contribution in [1.29, 1.82) is 0 Å². The number of rotatable bonds is 6. The second kappa shape index (κ2) is 10.1. The molecule has 0 bridgehead atoms. The van der Waals surface area contributed by atoms with Gasteiger partial charge in [0.2, 0.25) is 0 Å². The maximum Gasteiger partial charge on any atom is 0.411 e. The summed E-state index contributed by atoms with van der Waals surface area (Å²) in [5.74, 6) is 0. The van der Waals surface area contributed by atoms with Crippen molar-refractivity contribution in [3.63, 3.8) is 0 Å². The number of methoxy groups -OCH3 is 1. The number of anilines is 2. The number of likely N-dealkylation sites (tertiary alicyclic amines) is 1. The van der Waals surface area contributed by atoms with Crippen molar-refractivity contribution in [3.8, 4) is 0 Å². The molecule has 160 valence electrons. The molecular weight excluding hydrogens is 380 g/mol. The number of amides is 3. The van der Waals surface area contributed by atoms with Crippen LogP contribution in [0, 0.1) is 0 Å². The molecule has 2 aromatic carbocycles. The number of likely N-dealkylation sites (N-methyl/N-ethyl adjacent to an activating group) is 1. The van der Waals surface area contributed by atoms with Crippen molar-refractivity contribution in [2.24, 2.45) is 0 Å². The van der Waals surface area contributed by atoms with Crippen LogP contribution in [-0.4, -0.2) is 54.7 Å². The molecule has 0 aliphatic carbocycles. The molecule has 7 nitrogen and oxygen atoms in total. The van der Waals surface area contributed by atoms with E-state index < -0.39 is 6.09 Å². The van der Waals surface area contributed by atoms with Gasteiger partial charge in [0.05, 0.1) is 7.11 Å². The number of hydrogen-bond donors (Lipinski definition) is 2. The molecule has 2 atom stereocenters. The average Bonchev–Trinajstić information content (AvgIpc) is 3.25. The Bertz CT molecular complexity index is 841. The first-order valence-electron chi connectivity index (χ1n) is 10.3. The van der Waals surface area contributed by atoms with Crippen molar-refractivity contribution in [2.45, 2.75) is 32.4 Å². The lowest BCUT2D eigenvalue weighted by Gasteiger charge is -2.30. The standard InChI is InChI=1S/C23H30N4O3/c1-4-27(21-14-15-26(16-21)17(2)18-8-6-5-7-9-18)22(28)24-19-10-12-20(13-11-19)25-23(29)30-3/h5-13,17,21H,4,14-16H2,1-3H3,(H,24,28)(H,25,29)/t17-,21+/m0/s1. The van der Waals surface area contributed by atoms with Crippen molar-refractivity contribution >= 4 is 23.5 Å². The predicted octanol–water partition coefficient (Wildman–Crippen LogP) is 4.55. The van der Waals surface area contributed by atoms with Crippen LogP contribution >= 0.6 is 0 Å². The normalized spacial score (nSPS) is 17.2. The van der Waals surface area contributed by atoms with Crippen LogP contribution in [0.5, 0.6) is 0 Å². The van der Waals surface area contributed by atoms with Crippen LogP contribution in [0.4, 0.5) is 21.0 Å². The number of nitrogens with one attached hydrogen (secondary N) is 2. The summed E-state index contributed by atoms with van der Waals surface area (Å²) in [7, 11) is 1.31. The number of benzene rings is 2. The van der Waals surface area contributed by atoms with Crippen molar-refractivity contribution < 1.29 is 14.3 Å². The average molecular weight is 411 g/mol. The van der Waals surface area contributed by atoms with Crippen molar-refractivity contribution in [1.82, 2.24) is 9.80 Å². The highest BCUT2D eigenvalue weighted by molar-refractivity contribution is 5.90. The van der Waals surface area contributed by atoms with Gasteiger partial charge >= 0.3 is 12.1 Å². The monoisotopic (exact) mass is 410 g/mol. The van der Waals surface area contributed by atoms with Crippen LogP contribution in [0.15, 0.2) is 54.6 Å². The van der Waals surface area contributed by atoms with E-state index in [1.54, 1.807) is 24.3 Å². The van der Waals surface area contributed by atoms with Gasteiger partial charge < -0.3 is 15.0 Å². The quantitative estimate of drug-likeness (QED) is 0.732. The fraction of sp³-hybridized carbons (Fsp3) is 0.391. The van der Waals surface area contributed by atoms with Gasteiger partial charge in [0.25, 0.3) is 0 Å². The molecule has 0 unspecified atom stereocenters. The van der Waals surface area contributed by atoms with Crippen LogP contribution in [0.25, 0.3) is 0 Å². The Morgan fingerprint density at radius 1 is 1.10 bits per heavy atom. The van der Waals surface area contributed by atoms with Gasteiger partial charge in [-0.25, -0.2) is 9.59 Å². The first kappa shape index (κ1) is 21.6. The number of ether oxygens (including phenoxy) is 1. The number of carbonyl (C=O) groups excluding carboxylic acids is 2. The summed E-state index contributed by atoms with van der Waals surface area (Å²) in [6.07, 6.45) is 0.430. The number of nitrogens with zero attached hydrogens (tertiary/aromatic N) is 2. The Kier molecular flexibility index (Phi) is 7.30. The molecule has 1 saturated heterocycles. The molecule has 7 heteroatoms. The zero-order valence-electron chi connectivity index (χ0n) is 17.8. The van der Waals surface area contributed by atoms with Gasteiger partial charge in [-0.15, -0.1) is 0 Å². The molecule has 2 N–H and O–H groups in total. The number of carbonyl (C=O) groups is 2. The predicted molar refractivity (Wildman–Crippen MR) is 119 cm³/mol. The van der Waals surface area contributed by atoms with Crippen LogP contribution in [0.1, 0.15) is 31.9 Å². The second-order valence-electron chi connectivity index (χ2n) is 7.43. The van der Waals surface area contributed by atoms with E-state index in [9.17, 15) is 9.59 Å². The summed E-state index contributed by atoms with van der Waals surface area (Å²) in [6, 6.07) is 17.8. The van der Waals surface area contributed by atoms with Gasteiger partial charge in [0, 0.05) is 43.1 Å². The SMILES string of the molecule is CCN(C(=O)Nc1ccc(NC(=O)OC)cc1)[C@@H]1CCN([C@@H](C)c2ccccc2)C1. The molecule has 1 aliphatic rings. The Labute approximate surface area is 178 Å². The Morgan fingerprint density at radius 3 is 2.33 bits per heavy atom. The zero-order chi connectivity index (χ0) is 21.5. The van der Waals surface area contributed by atoms with E-state index in [2.05, 4.69) is 51.5 Å². The molecule has 2 aromatic rings. The first-order chi connectivity index (χ1) is 14.5. The van der Waals surface area contributed by atoms with Crippen molar-refractivity contribution in [3.05, 3.63) is 60.2 Å². The molecule has 30 heavy (non-hydrogen) atoms. The van der Waals surface area contributed by atoms with Gasteiger partial charge in [0.1, 0.15) is 0 Å². The first-order valence-corrected chi connectivity index (χ1v) is 10.3. The second-order valence-corrected chi connectivity index (χ2v) is 7.43. The molecule has 1 aliphatic heterocycles. The lowest BCUT2D eigenvalue weighted by atomic mass is 10.1. The number of urea groups is 1. The van der Waals surface area contributed by atoms with Crippen molar-refractivity contribution in [2.75, 3.05) is 37.4 Å². The van der Waals surface area contributed by atoms with Crippen LogP contribution in [0.2, 0.25) is 0 Å². The molecule has 0 saturated carbocycles. The minimum atomic E-state index is -0.528. The largest absolute Gasteiger partial charge is 0.453 e. The fourth-order valence-corrected chi connectivity index (χ4v) is 3.89. The van der Waals surface area contributed by atoms with Gasteiger partial charge in [-0.1, -0.05) is 30.3 Å². The van der Waals surface area contributed by atoms with Crippen LogP contribution < -0.4 is 10.6 Å². The number of hydrogen-bond acceptors (Lipinski definition) is 4. The summed E-state index contributed by atoms with van der Waals surface area (Å²) in [4.78, 5) is 28.5. The summed E-state index contributed by atoms with van der Waals surface area (Å²) in [6.45, 7) is 6.70. The maximum atomic E-state index is 12.9. The third kappa shape index (κ3) is 5.30. The van der Waals surface area contributed by atoms with E-state index in [1.807, 2.05) is 17.9 Å². The van der Waals surface area contributed by atoms with Crippen LogP contribution in [-0.2, 0) is 4.74 Å². The molecule has 0 spiro atoms. The Morgan fingerprint density at radius 2 is 1.73 bits per heavy atom. The van der Waals surface area contributed by atoms with E-state index in [0.29, 0.717) is 24.0 Å². The van der Waals surface area contributed by atoms with E-state index in [-0.39, 0.29) is 12.1 Å². The molecule has 0 aromatic heterocycles. The Balaban J connectivity index is 1.58. The topological polar surface area (TPSA) is 73.9 Å². The highest BCUT2D eigenvalue weighted by Crippen LogP contribution is 2.27.